The fraction of sp³-hybridized carbons (Fsp3) is 0.333. The Balaban J connectivity index is 2.61. The van der Waals surface area contributed by atoms with Gasteiger partial charge in [-0.1, -0.05) is 25.5 Å². The molecule has 0 saturated heterocycles. The minimum Gasteiger partial charge on any atom is -0.384 e. The lowest BCUT2D eigenvalue weighted by Gasteiger charge is -2.10. The summed E-state index contributed by atoms with van der Waals surface area (Å²) in [5, 5.41) is 0.846. The molecule has 0 radical (unpaired) electrons. The molecule has 0 fully saturated rings. The number of unbranched alkanes of at least 4 members (excludes halogenated alkanes) is 1. The van der Waals surface area contributed by atoms with Crippen LogP contribution in [0.5, 0.6) is 0 Å². The summed E-state index contributed by atoms with van der Waals surface area (Å²) < 4.78 is 1.55. The number of hydrogen-bond donors (Lipinski definition) is 1. The van der Waals surface area contributed by atoms with E-state index in [0.29, 0.717) is 17.9 Å². The van der Waals surface area contributed by atoms with Crippen LogP contribution in [0.4, 0.5) is 5.82 Å². The minimum atomic E-state index is -0.260. The summed E-state index contributed by atoms with van der Waals surface area (Å²) in [6.07, 6.45) is 1.96. The van der Waals surface area contributed by atoms with Crippen LogP contribution in [0.2, 0.25) is 0 Å². The number of anilines is 1. The van der Waals surface area contributed by atoms with E-state index in [0.717, 1.165) is 18.2 Å². The van der Waals surface area contributed by atoms with E-state index >= 15 is 0 Å². The van der Waals surface area contributed by atoms with Crippen molar-refractivity contribution in [3.63, 3.8) is 0 Å². The predicted molar refractivity (Wildman–Crippen MR) is 65.3 cm³/mol. The lowest BCUT2D eigenvalue weighted by atomic mass is 10.2. The van der Waals surface area contributed by atoms with Gasteiger partial charge < -0.3 is 5.73 Å². The van der Waals surface area contributed by atoms with Gasteiger partial charge in [0.1, 0.15) is 5.82 Å². The maximum absolute atomic E-state index is 11.7. The van der Waals surface area contributed by atoms with Crippen molar-refractivity contribution >= 4 is 16.7 Å². The number of fused-ring (bicyclic) bond motifs is 1. The number of hydrogen-bond acceptors (Lipinski definition) is 3. The number of para-hydroxylation sites is 1. The fourth-order valence-corrected chi connectivity index (χ4v) is 1.73. The van der Waals surface area contributed by atoms with Gasteiger partial charge in [0, 0.05) is 11.9 Å². The molecular formula is C12H15N3O. The van der Waals surface area contributed by atoms with E-state index in [1.54, 1.807) is 10.6 Å². The zero-order chi connectivity index (χ0) is 11.5. The molecule has 2 aromatic rings. The molecule has 1 aromatic heterocycles. The minimum absolute atomic E-state index is 0.260. The second-order valence-electron chi connectivity index (χ2n) is 3.80. The zero-order valence-corrected chi connectivity index (χ0v) is 9.31. The average molecular weight is 217 g/mol. The smallest absolute Gasteiger partial charge is 0.349 e. The molecule has 0 unspecified atom stereocenters. The SMILES string of the molecule is CCCCn1c(N)c2ccccc2nc1=O. The molecule has 0 aliphatic heterocycles. The summed E-state index contributed by atoms with van der Waals surface area (Å²) in [4.78, 5) is 15.7. The van der Waals surface area contributed by atoms with Gasteiger partial charge in [-0.25, -0.2) is 4.79 Å². The molecule has 0 aliphatic rings. The summed E-state index contributed by atoms with van der Waals surface area (Å²) in [7, 11) is 0. The van der Waals surface area contributed by atoms with Gasteiger partial charge in [0.05, 0.1) is 5.52 Å². The van der Waals surface area contributed by atoms with Crippen molar-refractivity contribution in [2.45, 2.75) is 26.3 Å². The van der Waals surface area contributed by atoms with E-state index in [4.69, 9.17) is 5.73 Å². The molecule has 84 valence electrons. The highest BCUT2D eigenvalue weighted by molar-refractivity contribution is 5.87. The summed E-state index contributed by atoms with van der Waals surface area (Å²) in [5.41, 5.74) is 6.39. The van der Waals surface area contributed by atoms with Crippen LogP contribution in [0.3, 0.4) is 0 Å². The lowest BCUT2D eigenvalue weighted by Crippen LogP contribution is -2.25. The third-order valence-corrected chi connectivity index (χ3v) is 2.65. The van der Waals surface area contributed by atoms with Crippen molar-refractivity contribution in [3.05, 3.63) is 34.7 Å². The number of rotatable bonds is 3. The summed E-state index contributed by atoms with van der Waals surface area (Å²) in [6.45, 7) is 2.72. The standard InChI is InChI=1S/C12H15N3O/c1-2-3-8-15-11(13)9-6-4-5-7-10(9)14-12(15)16/h4-7H,2-3,8,13H2,1H3. The van der Waals surface area contributed by atoms with Gasteiger partial charge in [0.2, 0.25) is 0 Å². The van der Waals surface area contributed by atoms with Crippen molar-refractivity contribution in [1.29, 1.82) is 0 Å². The first-order valence-corrected chi connectivity index (χ1v) is 5.49. The Morgan fingerprint density at radius 1 is 1.38 bits per heavy atom. The third-order valence-electron chi connectivity index (χ3n) is 2.65. The van der Waals surface area contributed by atoms with Crippen LogP contribution in [0, 0.1) is 0 Å². The first-order valence-electron chi connectivity index (χ1n) is 5.49. The van der Waals surface area contributed by atoms with Crippen molar-refractivity contribution in [2.24, 2.45) is 0 Å². The van der Waals surface area contributed by atoms with E-state index in [1.807, 2.05) is 18.2 Å². The Labute approximate surface area is 93.7 Å². The zero-order valence-electron chi connectivity index (χ0n) is 9.31. The molecule has 0 spiro atoms. The van der Waals surface area contributed by atoms with E-state index < -0.39 is 0 Å². The monoisotopic (exact) mass is 217 g/mol. The Morgan fingerprint density at radius 2 is 2.12 bits per heavy atom. The van der Waals surface area contributed by atoms with E-state index in [2.05, 4.69) is 11.9 Å². The molecule has 16 heavy (non-hydrogen) atoms. The molecule has 0 saturated carbocycles. The van der Waals surface area contributed by atoms with Crippen molar-refractivity contribution < 1.29 is 0 Å². The fourth-order valence-electron chi connectivity index (χ4n) is 1.73. The molecule has 2 rings (SSSR count). The predicted octanol–water partition coefficient (Wildman–Crippen LogP) is 1.78. The Kier molecular flexibility index (Phi) is 2.90. The lowest BCUT2D eigenvalue weighted by molar-refractivity contribution is 0.611. The van der Waals surface area contributed by atoms with Gasteiger partial charge in [0.15, 0.2) is 0 Å². The largest absolute Gasteiger partial charge is 0.384 e. The molecule has 0 amide bonds. The van der Waals surface area contributed by atoms with Gasteiger partial charge in [-0.3, -0.25) is 4.57 Å². The highest BCUT2D eigenvalue weighted by atomic mass is 16.1. The van der Waals surface area contributed by atoms with E-state index in [9.17, 15) is 4.79 Å². The van der Waals surface area contributed by atoms with E-state index in [1.165, 1.54) is 0 Å². The molecule has 4 nitrogen and oxygen atoms in total. The molecular weight excluding hydrogens is 202 g/mol. The number of nitrogens with two attached hydrogens (primary N) is 1. The van der Waals surface area contributed by atoms with Crippen LogP contribution in [-0.4, -0.2) is 9.55 Å². The van der Waals surface area contributed by atoms with Gasteiger partial charge in [-0.2, -0.15) is 4.98 Å². The molecule has 1 heterocycles. The Bertz CT molecular complexity index is 560. The van der Waals surface area contributed by atoms with Crippen LogP contribution in [0.1, 0.15) is 19.8 Å². The van der Waals surface area contributed by atoms with Gasteiger partial charge in [0.25, 0.3) is 0 Å². The van der Waals surface area contributed by atoms with Crippen molar-refractivity contribution in [2.75, 3.05) is 5.73 Å². The maximum Gasteiger partial charge on any atom is 0.349 e. The number of nitrogen functional groups attached to an aromatic ring is 1. The van der Waals surface area contributed by atoms with Crippen LogP contribution in [0.15, 0.2) is 29.1 Å². The van der Waals surface area contributed by atoms with Crippen LogP contribution in [0.25, 0.3) is 10.9 Å². The van der Waals surface area contributed by atoms with Gasteiger partial charge in [-0.05, 0) is 18.6 Å². The van der Waals surface area contributed by atoms with E-state index in [-0.39, 0.29) is 5.69 Å². The summed E-state index contributed by atoms with van der Waals surface area (Å²) in [5.74, 6) is 0.518. The molecule has 2 N–H and O–H groups in total. The molecule has 1 aromatic carbocycles. The third kappa shape index (κ3) is 1.78. The van der Waals surface area contributed by atoms with Gasteiger partial charge >= 0.3 is 5.69 Å². The maximum atomic E-state index is 11.7. The van der Waals surface area contributed by atoms with Crippen molar-refractivity contribution in [1.82, 2.24) is 9.55 Å². The molecule has 0 atom stereocenters. The normalized spacial score (nSPS) is 10.8. The summed E-state index contributed by atoms with van der Waals surface area (Å²) >= 11 is 0. The molecule has 4 heteroatoms. The first-order chi connectivity index (χ1) is 7.74. The van der Waals surface area contributed by atoms with Crippen LogP contribution < -0.4 is 11.4 Å². The van der Waals surface area contributed by atoms with Crippen LogP contribution in [-0.2, 0) is 6.54 Å². The number of aromatic nitrogens is 2. The van der Waals surface area contributed by atoms with Crippen LogP contribution >= 0.6 is 0 Å². The van der Waals surface area contributed by atoms with Gasteiger partial charge in [-0.15, -0.1) is 0 Å². The Hall–Kier alpha value is -1.84. The topological polar surface area (TPSA) is 60.9 Å². The average Bonchev–Trinajstić information content (AvgIpc) is 2.29. The van der Waals surface area contributed by atoms with Crippen molar-refractivity contribution in [3.8, 4) is 0 Å². The second kappa shape index (κ2) is 4.35. The molecule has 0 aliphatic carbocycles. The highest BCUT2D eigenvalue weighted by Gasteiger charge is 2.06. The number of nitrogens with zero attached hydrogens (tertiary/aromatic N) is 2. The first kappa shape index (κ1) is 10.7. The summed E-state index contributed by atoms with van der Waals surface area (Å²) in [6, 6.07) is 7.44. The molecule has 0 bridgehead atoms. The Morgan fingerprint density at radius 3 is 2.88 bits per heavy atom. The number of benzene rings is 1. The quantitative estimate of drug-likeness (QED) is 0.852. The second-order valence-corrected chi connectivity index (χ2v) is 3.80. The highest BCUT2D eigenvalue weighted by Crippen LogP contribution is 2.16.